The van der Waals surface area contributed by atoms with Gasteiger partial charge in [-0.05, 0) is 43.4 Å². The number of likely N-dealkylation sites (tertiary alicyclic amines) is 1. The molecule has 0 spiro atoms. The van der Waals surface area contributed by atoms with E-state index in [1.54, 1.807) is 11.0 Å². The zero-order valence-corrected chi connectivity index (χ0v) is 12.7. The Morgan fingerprint density at radius 1 is 1.62 bits per heavy atom. The number of urea groups is 1. The van der Waals surface area contributed by atoms with Crippen LogP contribution in [0.3, 0.4) is 0 Å². The van der Waals surface area contributed by atoms with E-state index in [9.17, 15) is 14.3 Å². The molecule has 1 aromatic carbocycles. The number of amides is 2. The molecule has 1 saturated heterocycles. The van der Waals surface area contributed by atoms with E-state index in [1.165, 1.54) is 12.1 Å². The lowest BCUT2D eigenvalue weighted by Crippen LogP contribution is -2.46. The predicted octanol–water partition coefficient (Wildman–Crippen LogP) is 2.95. The number of rotatable bonds is 3. The minimum Gasteiger partial charge on any atom is -0.396 e. The van der Waals surface area contributed by atoms with Crippen molar-refractivity contribution in [2.75, 3.05) is 19.7 Å². The van der Waals surface area contributed by atoms with Gasteiger partial charge in [0.05, 0.1) is 6.04 Å². The van der Waals surface area contributed by atoms with E-state index < -0.39 is 5.82 Å². The van der Waals surface area contributed by atoms with E-state index in [0.29, 0.717) is 23.7 Å². The van der Waals surface area contributed by atoms with Crippen LogP contribution in [0, 0.1) is 11.7 Å². The van der Waals surface area contributed by atoms with Crippen LogP contribution in [0.2, 0.25) is 5.02 Å². The smallest absolute Gasteiger partial charge is 0.317 e. The first-order valence-electron chi connectivity index (χ1n) is 7.12. The normalized spacial score (nSPS) is 20.2. The Balaban J connectivity index is 1.98. The van der Waals surface area contributed by atoms with Crippen molar-refractivity contribution in [1.82, 2.24) is 10.2 Å². The van der Waals surface area contributed by atoms with Crippen LogP contribution >= 0.6 is 11.6 Å². The van der Waals surface area contributed by atoms with Crippen molar-refractivity contribution in [2.24, 2.45) is 5.92 Å². The molecule has 0 aromatic heterocycles. The monoisotopic (exact) mass is 314 g/mol. The molecule has 2 atom stereocenters. The number of nitrogens with one attached hydrogen (secondary N) is 1. The Bertz CT molecular complexity index is 512. The Labute approximate surface area is 128 Å². The molecule has 2 unspecified atom stereocenters. The third kappa shape index (κ3) is 4.08. The molecule has 2 rings (SSSR count). The van der Waals surface area contributed by atoms with Crippen molar-refractivity contribution in [3.05, 3.63) is 34.6 Å². The average molecular weight is 315 g/mol. The number of benzene rings is 1. The summed E-state index contributed by atoms with van der Waals surface area (Å²) in [5.74, 6) is -0.252. The molecule has 1 aliphatic heterocycles. The van der Waals surface area contributed by atoms with Crippen molar-refractivity contribution in [3.8, 4) is 0 Å². The summed E-state index contributed by atoms with van der Waals surface area (Å²) in [7, 11) is 0. The second-order valence-corrected chi connectivity index (χ2v) is 5.88. The molecule has 1 fully saturated rings. The average Bonchev–Trinajstić information content (AvgIpc) is 2.47. The molecule has 1 heterocycles. The van der Waals surface area contributed by atoms with E-state index in [1.807, 2.05) is 6.92 Å². The molecule has 1 aromatic rings. The molecule has 2 N–H and O–H groups in total. The molecule has 2 amide bonds. The van der Waals surface area contributed by atoms with Gasteiger partial charge in [-0.1, -0.05) is 17.7 Å². The lowest BCUT2D eigenvalue weighted by atomic mass is 9.99. The van der Waals surface area contributed by atoms with Gasteiger partial charge >= 0.3 is 6.03 Å². The summed E-state index contributed by atoms with van der Waals surface area (Å²) in [6.45, 7) is 3.16. The highest BCUT2D eigenvalue weighted by molar-refractivity contribution is 6.31. The second kappa shape index (κ2) is 7.09. The first-order chi connectivity index (χ1) is 10.0. The molecule has 0 radical (unpaired) electrons. The number of carbonyl (C=O) groups is 1. The van der Waals surface area contributed by atoms with Crippen LogP contribution in [0.5, 0.6) is 0 Å². The highest BCUT2D eigenvalue weighted by atomic mass is 35.5. The van der Waals surface area contributed by atoms with Crippen molar-refractivity contribution in [1.29, 1.82) is 0 Å². The summed E-state index contributed by atoms with van der Waals surface area (Å²) in [6.07, 6.45) is 1.84. The van der Waals surface area contributed by atoms with E-state index >= 15 is 0 Å². The number of aliphatic hydroxyl groups excluding tert-OH is 1. The van der Waals surface area contributed by atoms with Crippen LogP contribution in [0.25, 0.3) is 0 Å². The quantitative estimate of drug-likeness (QED) is 0.901. The summed E-state index contributed by atoms with van der Waals surface area (Å²) in [5.41, 5.74) is 0.683. The maximum absolute atomic E-state index is 13.0. The third-order valence-corrected chi connectivity index (χ3v) is 4.16. The molecule has 4 nitrogen and oxygen atoms in total. The lowest BCUT2D eigenvalue weighted by Gasteiger charge is -2.32. The van der Waals surface area contributed by atoms with Gasteiger partial charge in [0.2, 0.25) is 0 Å². The fourth-order valence-corrected chi connectivity index (χ4v) is 2.94. The Morgan fingerprint density at radius 3 is 3.05 bits per heavy atom. The Kier molecular flexibility index (Phi) is 5.42. The highest BCUT2D eigenvalue weighted by Gasteiger charge is 2.24. The zero-order chi connectivity index (χ0) is 15.4. The fraction of sp³-hybridized carbons (Fsp3) is 0.533. The van der Waals surface area contributed by atoms with Gasteiger partial charge < -0.3 is 15.3 Å². The number of piperidine rings is 1. The molecule has 21 heavy (non-hydrogen) atoms. The van der Waals surface area contributed by atoms with Crippen LogP contribution < -0.4 is 5.32 Å². The number of aliphatic hydroxyl groups is 1. The molecule has 116 valence electrons. The van der Waals surface area contributed by atoms with Crippen molar-refractivity contribution < 1.29 is 14.3 Å². The van der Waals surface area contributed by atoms with Crippen LogP contribution in [-0.2, 0) is 0 Å². The van der Waals surface area contributed by atoms with Crippen molar-refractivity contribution in [3.63, 3.8) is 0 Å². The van der Waals surface area contributed by atoms with Crippen molar-refractivity contribution >= 4 is 17.6 Å². The van der Waals surface area contributed by atoms with E-state index in [2.05, 4.69) is 5.32 Å². The maximum Gasteiger partial charge on any atom is 0.317 e. The summed E-state index contributed by atoms with van der Waals surface area (Å²) < 4.78 is 13.0. The third-order valence-electron chi connectivity index (χ3n) is 3.83. The van der Waals surface area contributed by atoms with Crippen LogP contribution in [0.15, 0.2) is 18.2 Å². The SMILES string of the molecule is CC(NC(=O)N1CCCC(CO)C1)c1ccc(F)cc1Cl. The largest absolute Gasteiger partial charge is 0.396 e. The van der Waals surface area contributed by atoms with Gasteiger partial charge in [-0.15, -0.1) is 0 Å². The molecule has 0 saturated carbocycles. The summed E-state index contributed by atoms with van der Waals surface area (Å²) in [5, 5.41) is 12.4. The number of halogens is 2. The minimum atomic E-state index is -0.399. The van der Waals surface area contributed by atoms with Gasteiger partial charge in [-0.2, -0.15) is 0 Å². The molecule has 6 heteroatoms. The van der Waals surface area contributed by atoms with Gasteiger partial charge in [-0.3, -0.25) is 0 Å². The van der Waals surface area contributed by atoms with Crippen LogP contribution in [-0.4, -0.2) is 35.7 Å². The standard InChI is InChI=1S/C15H20ClFN2O2/c1-10(13-5-4-12(17)7-14(13)16)18-15(21)19-6-2-3-11(8-19)9-20/h4-5,7,10-11,20H,2-3,6,8-9H2,1H3,(H,18,21). The van der Waals surface area contributed by atoms with Crippen molar-refractivity contribution in [2.45, 2.75) is 25.8 Å². The zero-order valence-electron chi connectivity index (χ0n) is 12.0. The Morgan fingerprint density at radius 2 is 2.38 bits per heavy atom. The molecule has 0 bridgehead atoms. The van der Waals surface area contributed by atoms with Gasteiger partial charge in [0.25, 0.3) is 0 Å². The Hall–Kier alpha value is -1.33. The lowest BCUT2D eigenvalue weighted by molar-refractivity contribution is 0.128. The highest BCUT2D eigenvalue weighted by Crippen LogP contribution is 2.24. The summed E-state index contributed by atoms with van der Waals surface area (Å²) >= 11 is 6.00. The van der Waals surface area contributed by atoms with Crippen LogP contribution in [0.4, 0.5) is 9.18 Å². The van der Waals surface area contributed by atoms with Gasteiger partial charge in [-0.25, -0.2) is 9.18 Å². The van der Waals surface area contributed by atoms with E-state index in [0.717, 1.165) is 12.8 Å². The van der Waals surface area contributed by atoms with Gasteiger partial charge in [0, 0.05) is 24.7 Å². The molecule has 1 aliphatic rings. The first kappa shape index (κ1) is 16.0. The fourth-order valence-electron chi connectivity index (χ4n) is 2.61. The number of carbonyl (C=O) groups excluding carboxylic acids is 1. The number of nitrogens with zero attached hydrogens (tertiary/aromatic N) is 1. The molecular formula is C15H20ClFN2O2. The summed E-state index contributed by atoms with van der Waals surface area (Å²) in [6, 6.07) is 3.66. The first-order valence-corrected chi connectivity index (χ1v) is 7.50. The van der Waals surface area contributed by atoms with Crippen LogP contribution in [0.1, 0.15) is 31.4 Å². The molecule has 0 aliphatic carbocycles. The maximum atomic E-state index is 13.0. The number of hydrogen-bond donors (Lipinski definition) is 2. The van der Waals surface area contributed by atoms with E-state index in [4.69, 9.17) is 11.6 Å². The second-order valence-electron chi connectivity index (χ2n) is 5.47. The predicted molar refractivity (Wildman–Crippen MR) is 79.7 cm³/mol. The molecular weight excluding hydrogens is 295 g/mol. The van der Waals surface area contributed by atoms with Gasteiger partial charge in [0.15, 0.2) is 0 Å². The summed E-state index contributed by atoms with van der Waals surface area (Å²) in [4.78, 5) is 13.9. The number of hydrogen-bond acceptors (Lipinski definition) is 2. The van der Waals surface area contributed by atoms with Gasteiger partial charge in [0.1, 0.15) is 5.82 Å². The topological polar surface area (TPSA) is 52.6 Å². The van der Waals surface area contributed by atoms with E-state index in [-0.39, 0.29) is 24.6 Å². The minimum absolute atomic E-state index is 0.100.